The molecule has 1 aliphatic heterocycles. The van der Waals surface area contributed by atoms with Gasteiger partial charge < -0.3 is 9.64 Å². The van der Waals surface area contributed by atoms with Gasteiger partial charge >= 0.3 is 0 Å². The summed E-state index contributed by atoms with van der Waals surface area (Å²) < 4.78 is 6.11. The molecule has 0 radical (unpaired) electrons. The Kier molecular flexibility index (Phi) is 4.97. The van der Waals surface area contributed by atoms with E-state index in [2.05, 4.69) is 47.9 Å². The lowest BCUT2D eigenvalue weighted by atomic mass is 9.96. The molecule has 0 N–H and O–H groups in total. The summed E-state index contributed by atoms with van der Waals surface area (Å²) in [6.07, 6.45) is 8.93. The van der Waals surface area contributed by atoms with Crippen LogP contribution in [-0.2, 0) is 6.54 Å². The molecule has 5 rings (SSSR count). The molecular formula is C22H26N6O. The van der Waals surface area contributed by atoms with Crippen molar-refractivity contribution in [1.29, 1.82) is 0 Å². The molecule has 3 aromatic rings. The van der Waals surface area contributed by atoms with Crippen molar-refractivity contribution < 1.29 is 4.74 Å². The third-order valence-corrected chi connectivity index (χ3v) is 6.01. The van der Waals surface area contributed by atoms with E-state index in [9.17, 15) is 0 Å². The molecule has 1 saturated carbocycles. The number of benzene rings is 1. The predicted molar refractivity (Wildman–Crippen MR) is 112 cm³/mol. The highest BCUT2D eigenvalue weighted by Gasteiger charge is 2.22. The lowest BCUT2D eigenvalue weighted by molar-refractivity contribution is 0.116. The quantitative estimate of drug-likeness (QED) is 0.663. The second-order valence-corrected chi connectivity index (χ2v) is 7.90. The normalized spacial score (nSPS) is 18.0. The van der Waals surface area contributed by atoms with Crippen LogP contribution in [0.25, 0.3) is 10.9 Å². The fourth-order valence-corrected chi connectivity index (χ4v) is 3.93. The minimum atomic E-state index is 0.310. The summed E-state index contributed by atoms with van der Waals surface area (Å²) in [5, 5.41) is 1.01. The van der Waals surface area contributed by atoms with Crippen LogP contribution < -0.4 is 9.64 Å². The number of aryl methyl sites for hydroxylation is 1. The van der Waals surface area contributed by atoms with Crippen molar-refractivity contribution in [3.05, 3.63) is 48.3 Å². The minimum absolute atomic E-state index is 0.310. The molecule has 0 spiro atoms. The Hall–Kier alpha value is -2.80. The molecule has 2 fully saturated rings. The van der Waals surface area contributed by atoms with Crippen LogP contribution in [0.4, 0.5) is 5.69 Å². The van der Waals surface area contributed by atoms with E-state index in [0.29, 0.717) is 6.10 Å². The first kappa shape index (κ1) is 18.2. The lowest BCUT2D eigenvalue weighted by Crippen LogP contribution is -2.46. The average Bonchev–Trinajstić information content (AvgIpc) is 2.73. The number of rotatable bonds is 5. The maximum Gasteiger partial charge on any atom is 0.224 e. The number of nitrogens with zero attached hydrogens (tertiary/aromatic N) is 6. The fraction of sp³-hybridized carbons (Fsp3) is 0.455. The van der Waals surface area contributed by atoms with Crippen LogP contribution in [0.15, 0.2) is 36.9 Å². The Morgan fingerprint density at radius 2 is 1.83 bits per heavy atom. The van der Waals surface area contributed by atoms with Gasteiger partial charge in [-0.2, -0.15) is 0 Å². The van der Waals surface area contributed by atoms with Gasteiger partial charge in [-0.15, -0.1) is 0 Å². The fourth-order valence-electron chi connectivity index (χ4n) is 3.93. The van der Waals surface area contributed by atoms with E-state index in [1.54, 1.807) is 18.7 Å². The lowest BCUT2D eigenvalue weighted by Gasteiger charge is -2.36. The highest BCUT2D eigenvalue weighted by molar-refractivity contribution is 5.86. The van der Waals surface area contributed by atoms with Gasteiger partial charge in [-0.1, -0.05) is 0 Å². The molecule has 0 unspecified atom stereocenters. The molecular weight excluding hydrogens is 364 g/mol. The third-order valence-electron chi connectivity index (χ3n) is 6.01. The van der Waals surface area contributed by atoms with Crippen LogP contribution in [-0.4, -0.2) is 57.1 Å². The summed E-state index contributed by atoms with van der Waals surface area (Å²) in [6, 6.07) is 6.42. The zero-order chi connectivity index (χ0) is 19.6. The van der Waals surface area contributed by atoms with Crippen molar-refractivity contribution in [3.8, 4) is 5.88 Å². The summed E-state index contributed by atoms with van der Waals surface area (Å²) in [5.74, 6) is 0.721. The van der Waals surface area contributed by atoms with E-state index in [0.717, 1.165) is 73.7 Å². The predicted octanol–water partition coefficient (Wildman–Crippen LogP) is 2.98. The number of hydrogen-bond donors (Lipinski definition) is 0. The van der Waals surface area contributed by atoms with Gasteiger partial charge in [0.05, 0.1) is 22.3 Å². The monoisotopic (exact) mass is 390 g/mol. The minimum Gasteiger partial charge on any atom is -0.474 e. The largest absolute Gasteiger partial charge is 0.474 e. The first-order valence-corrected chi connectivity index (χ1v) is 10.4. The summed E-state index contributed by atoms with van der Waals surface area (Å²) in [7, 11) is 0. The first-order valence-electron chi connectivity index (χ1n) is 10.4. The van der Waals surface area contributed by atoms with E-state index in [-0.39, 0.29) is 0 Å². The molecule has 0 atom stereocenters. The first-order chi connectivity index (χ1) is 14.3. The summed E-state index contributed by atoms with van der Waals surface area (Å²) in [5.41, 5.74) is 4.24. The molecule has 3 heterocycles. The van der Waals surface area contributed by atoms with Crippen LogP contribution in [0.5, 0.6) is 5.88 Å². The smallest absolute Gasteiger partial charge is 0.224 e. The number of fused-ring (bicyclic) bond motifs is 1. The van der Waals surface area contributed by atoms with Gasteiger partial charge in [-0.3, -0.25) is 14.9 Å². The summed E-state index contributed by atoms with van der Waals surface area (Å²) >= 11 is 0. The van der Waals surface area contributed by atoms with Crippen molar-refractivity contribution in [1.82, 2.24) is 24.8 Å². The van der Waals surface area contributed by atoms with Crippen LogP contribution in [0.1, 0.15) is 30.7 Å². The number of anilines is 1. The Balaban J connectivity index is 1.29. The van der Waals surface area contributed by atoms with Gasteiger partial charge in [0.1, 0.15) is 12.4 Å². The van der Waals surface area contributed by atoms with Crippen LogP contribution in [0.3, 0.4) is 0 Å². The third kappa shape index (κ3) is 3.87. The molecule has 1 aromatic carbocycles. The number of piperazine rings is 1. The standard InChI is InChI=1S/C22H26N6O/c1-16-21(24-8-7-23-16)14-27-9-11-28(12-10-27)17-5-6-20-19(13-17)22(26-15-25-20)29-18-3-2-4-18/h5-8,13,15,18H,2-4,9-12,14H2,1H3. The molecule has 0 bridgehead atoms. The molecule has 0 amide bonds. The molecule has 1 saturated heterocycles. The molecule has 2 aliphatic rings. The van der Waals surface area contributed by atoms with Gasteiger partial charge in [-0.05, 0) is 44.4 Å². The van der Waals surface area contributed by atoms with E-state index in [1.807, 2.05) is 6.92 Å². The van der Waals surface area contributed by atoms with Gasteiger partial charge in [0.2, 0.25) is 5.88 Å². The number of ether oxygens (including phenoxy) is 1. The van der Waals surface area contributed by atoms with E-state index in [4.69, 9.17) is 4.74 Å². The van der Waals surface area contributed by atoms with E-state index in [1.165, 1.54) is 12.1 Å². The van der Waals surface area contributed by atoms with Crippen LogP contribution >= 0.6 is 0 Å². The van der Waals surface area contributed by atoms with Crippen LogP contribution in [0.2, 0.25) is 0 Å². The molecule has 1 aliphatic carbocycles. The zero-order valence-corrected chi connectivity index (χ0v) is 16.8. The molecule has 7 heteroatoms. The maximum absolute atomic E-state index is 6.11. The molecule has 2 aromatic heterocycles. The molecule has 7 nitrogen and oxygen atoms in total. The second kappa shape index (κ2) is 7.91. The van der Waals surface area contributed by atoms with E-state index < -0.39 is 0 Å². The second-order valence-electron chi connectivity index (χ2n) is 7.90. The highest BCUT2D eigenvalue weighted by atomic mass is 16.5. The Morgan fingerprint density at radius 3 is 2.59 bits per heavy atom. The SMILES string of the molecule is Cc1nccnc1CN1CCN(c2ccc3ncnc(OC4CCC4)c3c2)CC1. The number of aromatic nitrogens is 4. The summed E-state index contributed by atoms with van der Waals surface area (Å²) in [6.45, 7) is 6.86. The van der Waals surface area contributed by atoms with Gasteiger partial charge in [-0.25, -0.2) is 9.97 Å². The Labute approximate surface area is 170 Å². The van der Waals surface area contributed by atoms with Crippen LogP contribution in [0, 0.1) is 6.92 Å². The number of hydrogen-bond acceptors (Lipinski definition) is 7. The highest BCUT2D eigenvalue weighted by Crippen LogP contribution is 2.31. The average molecular weight is 390 g/mol. The summed E-state index contributed by atoms with van der Waals surface area (Å²) in [4.78, 5) is 22.5. The van der Waals surface area contributed by atoms with Crippen molar-refractivity contribution in [2.45, 2.75) is 38.8 Å². The Morgan fingerprint density at radius 1 is 1.00 bits per heavy atom. The van der Waals surface area contributed by atoms with E-state index >= 15 is 0 Å². The van der Waals surface area contributed by atoms with Crippen molar-refractivity contribution in [3.63, 3.8) is 0 Å². The van der Waals surface area contributed by atoms with Crippen molar-refractivity contribution in [2.24, 2.45) is 0 Å². The van der Waals surface area contributed by atoms with Gasteiger partial charge in [0, 0.05) is 50.8 Å². The zero-order valence-electron chi connectivity index (χ0n) is 16.8. The van der Waals surface area contributed by atoms with Gasteiger partial charge in [0.25, 0.3) is 0 Å². The van der Waals surface area contributed by atoms with Gasteiger partial charge in [0.15, 0.2) is 0 Å². The van der Waals surface area contributed by atoms with Crippen molar-refractivity contribution in [2.75, 3.05) is 31.1 Å². The maximum atomic E-state index is 6.11. The Bertz CT molecular complexity index is 998. The molecule has 150 valence electrons. The molecule has 29 heavy (non-hydrogen) atoms. The van der Waals surface area contributed by atoms with Crippen molar-refractivity contribution >= 4 is 16.6 Å². The topological polar surface area (TPSA) is 67.3 Å².